The van der Waals surface area contributed by atoms with Crippen LogP contribution in [0.15, 0.2) is 41.3 Å². The largest absolute Gasteiger partial charge is 0.355 e. The number of carbonyl (C=O) groups is 1. The second-order valence-corrected chi connectivity index (χ2v) is 8.60. The van der Waals surface area contributed by atoms with Gasteiger partial charge in [0.05, 0.1) is 10.6 Å². The highest BCUT2D eigenvalue weighted by Crippen LogP contribution is 2.23. The van der Waals surface area contributed by atoms with Crippen LogP contribution in [0.1, 0.15) is 18.5 Å². The molecule has 26 heavy (non-hydrogen) atoms. The maximum absolute atomic E-state index is 12.5. The fourth-order valence-electron chi connectivity index (χ4n) is 2.96. The molecule has 7 nitrogen and oxygen atoms in total. The van der Waals surface area contributed by atoms with Gasteiger partial charge in [0, 0.05) is 31.0 Å². The van der Waals surface area contributed by atoms with Crippen molar-refractivity contribution in [3.63, 3.8) is 0 Å². The Hall–Kier alpha value is -2.48. The molecule has 2 aromatic rings. The SMILES string of the molecule is Cc1ccc(N2CCC(C(=O)Nc3ccc(S(C)(=O)=O)cc3)CC2)nn1. The van der Waals surface area contributed by atoms with Crippen molar-refractivity contribution in [1.82, 2.24) is 10.2 Å². The third-order valence-corrected chi connectivity index (χ3v) is 5.65. The quantitative estimate of drug-likeness (QED) is 0.880. The van der Waals surface area contributed by atoms with Crippen molar-refractivity contribution in [3.8, 4) is 0 Å². The maximum atomic E-state index is 12.5. The van der Waals surface area contributed by atoms with Gasteiger partial charge in [0.25, 0.3) is 0 Å². The number of aromatic nitrogens is 2. The summed E-state index contributed by atoms with van der Waals surface area (Å²) >= 11 is 0. The van der Waals surface area contributed by atoms with Crippen molar-refractivity contribution in [3.05, 3.63) is 42.1 Å². The number of hydrogen-bond acceptors (Lipinski definition) is 6. The lowest BCUT2D eigenvalue weighted by atomic mass is 9.96. The normalized spacial score (nSPS) is 15.7. The van der Waals surface area contributed by atoms with Gasteiger partial charge >= 0.3 is 0 Å². The predicted molar refractivity (Wildman–Crippen MR) is 99.9 cm³/mol. The van der Waals surface area contributed by atoms with Crippen molar-refractivity contribution < 1.29 is 13.2 Å². The second-order valence-electron chi connectivity index (χ2n) is 6.58. The number of amides is 1. The molecule has 1 N–H and O–H groups in total. The van der Waals surface area contributed by atoms with Crippen molar-refractivity contribution >= 4 is 27.2 Å². The fraction of sp³-hybridized carbons (Fsp3) is 0.389. The summed E-state index contributed by atoms with van der Waals surface area (Å²) in [6.07, 6.45) is 2.64. The van der Waals surface area contributed by atoms with Crippen LogP contribution in [0.2, 0.25) is 0 Å². The molecule has 1 aromatic carbocycles. The van der Waals surface area contributed by atoms with E-state index in [0.29, 0.717) is 5.69 Å². The van der Waals surface area contributed by atoms with E-state index in [0.717, 1.165) is 43.7 Å². The van der Waals surface area contributed by atoms with Crippen LogP contribution in [0.3, 0.4) is 0 Å². The van der Waals surface area contributed by atoms with Crippen molar-refractivity contribution in [1.29, 1.82) is 0 Å². The van der Waals surface area contributed by atoms with Gasteiger partial charge in [-0.3, -0.25) is 4.79 Å². The van der Waals surface area contributed by atoms with Crippen molar-refractivity contribution in [2.24, 2.45) is 5.92 Å². The number of anilines is 2. The van der Waals surface area contributed by atoms with Crippen molar-refractivity contribution in [2.45, 2.75) is 24.7 Å². The average molecular weight is 374 g/mol. The lowest BCUT2D eigenvalue weighted by Gasteiger charge is -2.31. The Bertz CT molecular complexity index is 872. The molecule has 1 amide bonds. The van der Waals surface area contributed by atoms with Gasteiger partial charge in [-0.05, 0) is 56.2 Å². The van der Waals surface area contributed by atoms with Gasteiger partial charge < -0.3 is 10.2 Å². The van der Waals surface area contributed by atoms with Crippen LogP contribution >= 0.6 is 0 Å². The summed E-state index contributed by atoms with van der Waals surface area (Å²) in [7, 11) is -3.23. The van der Waals surface area contributed by atoms with Gasteiger partial charge in [0.15, 0.2) is 15.7 Å². The van der Waals surface area contributed by atoms with Gasteiger partial charge in [-0.2, -0.15) is 5.10 Å². The lowest BCUT2D eigenvalue weighted by molar-refractivity contribution is -0.120. The van der Waals surface area contributed by atoms with E-state index in [1.165, 1.54) is 12.1 Å². The summed E-state index contributed by atoms with van der Waals surface area (Å²) in [6, 6.07) is 10.1. The first-order valence-corrected chi connectivity index (χ1v) is 10.4. The van der Waals surface area contributed by atoms with E-state index in [1.54, 1.807) is 12.1 Å². The first-order valence-electron chi connectivity index (χ1n) is 8.49. The Balaban J connectivity index is 1.56. The van der Waals surface area contributed by atoms with Crippen LogP contribution in [-0.4, -0.2) is 43.9 Å². The monoisotopic (exact) mass is 374 g/mol. The predicted octanol–water partition coefficient (Wildman–Crippen LogP) is 2.04. The molecule has 1 saturated heterocycles. The fourth-order valence-corrected chi connectivity index (χ4v) is 3.59. The van der Waals surface area contributed by atoms with Gasteiger partial charge in [-0.1, -0.05) is 0 Å². The molecule has 1 aliphatic heterocycles. The number of carbonyl (C=O) groups excluding carboxylic acids is 1. The number of sulfone groups is 1. The topological polar surface area (TPSA) is 92.3 Å². The molecule has 138 valence electrons. The Morgan fingerprint density at radius 1 is 1.08 bits per heavy atom. The molecule has 8 heteroatoms. The first kappa shape index (κ1) is 18.3. The van der Waals surface area contributed by atoms with Crippen LogP contribution in [0, 0.1) is 12.8 Å². The van der Waals surface area contributed by atoms with E-state index in [2.05, 4.69) is 20.4 Å². The molecule has 0 aliphatic carbocycles. The molecule has 0 atom stereocenters. The zero-order valence-electron chi connectivity index (χ0n) is 14.8. The zero-order valence-corrected chi connectivity index (χ0v) is 15.7. The number of nitrogens with one attached hydrogen (secondary N) is 1. The van der Waals surface area contributed by atoms with E-state index in [-0.39, 0.29) is 16.7 Å². The molecular weight excluding hydrogens is 352 g/mol. The Morgan fingerprint density at radius 2 is 1.73 bits per heavy atom. The summed E-state index contributed by atoms with van der Waals surface area (Å²) in [6.45, 7) is 3.40. The summed E-state index contributed by atoms with van der Waals surface area (Å²) in [5, 5.41) is 11.1. The minimum absolute atomic E-state index is 0.0354. The zero-order chi connectivity index (χ0) is 18.7. The third kappa shape index (κ3) is 4.37. The second kappa shape index (κ2) is 7.41. The molecule has 0 saturated carbocycles. The maximum Gasteiger partial charge on any atom is 0.227 e. The molecule has 2 heterocycles. The standard InChI is InChI=1S/C18H22N4O3S/c1-13-3-8-17(21-20-13)22-11-9-14(10-12-22)18(23)19-15-4-6-16(7-5-15)26(2,24)25/h3-8,14H,9-12H2,1-2H3,(H,19,23). The van der Waals surface area contributed by atoms with E-state index in [9.17, 15) is 13.2 Å². The van der Waals surface area contributed by atoms with Gasteiger partial charge in [-0.25, -0.2) is 8.42 Å². The molecule has 1 aromatic heterocycles. The van der Waals surface area contributed by atoms with Crippen LogP contribution in [-0.2, 0) is 14.6 Å². The minimum atomic E-state index is -3.23. The molecule has 1 fully saturated rings. The third-order valence-electron chi connectivity index (χ3n) is 4.52. The van der Waals surface area contributed by atoms with Crippen LogP contribution < -0.4 is 10.2 Å². The molecule has 0 radical (unpaired) electrons. The van der Waals surface area contributed by atoms with Crippen LogP contribution in [0.4, 0.5) is 11.5 Å². The highest BCUT2D eigenvalue weighted by molar-refractivity contribution is 7.90. The number of nitrogens with zero attached hydrogens (tertiary/aromatic N) is 3. The number of hydrogen-bond donors (Lipinski definition) is 1. The molecule has 3 rings (SSSR count). The molecule has 1 aliphatic rings. The number of aryl methyl sites for hydroxylation is 1. The summed E-state index contributed by atoms with van der Waals surface area (Å²) < 4.78 is 23.0. The van der Waals surface area contributed by atoms with E-state index in [1.807, 2.05) is 19.1 Å². The van der Waals surface area contributed by atoms with Gasteiger partial charge in [0.1, 0.15) is 0 Å². The molecule has 0 spiro atoms. The van der Waals surface area contributed by atoms with E-state index < -0.39 is 9.84 Å². The highest BCUT2D eigenvalue weighted by atomic mass is 32.2. The van der Waals surface area contributed by atoms with Crippen LogP contribution in [0.25, 0.3) is 0 Å². The summed E-state index contributed by atoms with van der Waals surface area (Å²) in [4.78, 5) is 14.8. The Kier molecular flexibility index (Phi) is 5.22. The smallest absolute Gasteiger partial charge is 0.227 e. The van der Waals surface area contributed by atoms with Gasteiger partial charge in [-0.15, -0.1) is 5.10 Å². The Labute approximate surface area is 153 Å². The van der Waals surface area contributed by atoms with Gasteiger partial charge in [0.2, 0.25) is 5.91 Å². The number of rotatable bonds is 4. The summed E-state index contributed by atoms with van der Waals surface area (Å²) in [5.41, 5.74) is 1.49. The summed E-state index contributed by atoms with van der Waals surface area (Å²) in [5.74, 6) is 0.733. The van der Waals surface area contributed by atoms with E-state index >= 15 is 0 Å². The Morgan fingerprint density at radius 3 is 2.27 bits per heavy atom. The minimum Gasteiger partial charge on any atom is -0.355 e. The lowest BCUT2D eigenvalue weighted by Crippen LogP contribution is -2.38. The number of benzene rings is 1. The molecule has 0 bridgehead atoms. The first-order chi connectivity index (χ1) is 12.3. The average Bonchev–Trinajstić information content (AvgIpc) is 2.62. The van der Waals surface area contributed by atoms with Crippen molar-refractivity contribution in [2.75, 3.05) is 29.6 Å². The van der Waals surface area contributed by atoms with Crippen LogP contribution in [0.5, 0.6) is 0 Å². The van der Waals surface area contributed by atoms with E-state index in [4.69, 9.17) is 0 Å². The highest BCUT2D eigenvalue weighted by Gasteiger charge is 2.25. The molecular formula is C18H22N4O3S. The number of piperidine rings is 1. The molecule has 0 unspecified atom stereocenters.